The normalized spacial score (nSPS) is 11.4. The van der Waals surface area contributed by atoms with Crippen LogP contribution in [0.5, 0.6) is 0 Å². The molecule has 0 amide bonds. The molecule has 0 bridgehead atoms. The molecule has 0 spiro atoms. The van der Waals surface area contributed by atoms with Crippen LogP contribution in [0.15, 0.2) is 48.9 Å². The zero-order chi connectivity index (χ0) is 20.0. The Hall–Kier alpha value is -3.32. The first-order valence-electron chi connectivity index (χ1n) is 9.43. The van der Waals surface area contributed by atoms with Crippen LogP contribution in [-0.2, 0) is 13.6 Å². The van der Waals surface area contributed by atoms with Crippen LogP contribution in [0.1, 0.15) is 16.8 Å². The van der Waals surface area contributed by atoms with Crippen molar-refractivity contribution < 1.29 is 0 Å². The van der Waals surface area contributed by atoms with Crippen LogP contribution in [0.3, 0.4) is 0 Å². The molecule has 5 rings (SSSR count). The number of aryl methyl sites for hydroxylation is 3. The lowest BCUT2D eigenvalue weighted by atomic mass is 10.1. The number of rotatable bonds is 4. The third kappa shape index (κ3) is 3.03. The lowest BCUT2D eigenvalue weighted by Gasteiger charge is -2.08. The fourth-order valence-electron chi connectivity index (χ4n) is 3.55. The van der Waals surface area contributed by atoms with Crippen LogP contribution < -0.4 is 5.32 Å². The monoisotopic (exact) mass is 400 g/mol. The molecule has 0 radical (unpaired) electrons. The summed E-state index contributed by atoms with van der Waals surface area (Å²) in [6, 6.07) is 12.8. The van der Waals surface area contributed by atoms with E-state index >= 15 is 0 Å². The second-order valence-electron chi connectivity index (χ2n) is 7.15. The molecule has 1 aromatic carbocycles. The molecule has 7 heteroatoms. The van der Waals surface area contributed by atoms with Crippen LogP contribution in [-0.4, -0.2) is 24.7 Å². The first kappa shape index (κ1) is 17.8. The van der Waals surface area contributed by atoms with Gasteiger partial charge in [0.25, 0.3) is 0 Å². The molecule has 29 heavy (non-hydrogen) atoms. The molecule has 0 aliphatic carbocycles. The van der Waals surface area contributed by atoms with E-state index in [-0.39, 0.29) is 0 Å². The molecule has 0 aliphatic heterocycles. The predicted molar refractivity (Wildman–Crippen MR) is 118 cm³/mol. The lowest BCUT2D eigenvalue weighted by molar-refractivity contribution is 0.937. The molecular formula is C22H20N6S. The molecular weight excluding hydrogens is 380 g/mol. The van der Waals surface area contributed by atoms with Crippen molar-refractivity contribution in [2.24, 2.45) is 7.05 Å². The first-order valence-corrected chi connectivity index (χ1v) is 10.2. The summed E-state index contributed by atoms with van der Waals surface area (Å²) in [5.41, 5.74) is 6.61. The van der Waals surface area contributed by atoms with Gasteiger partial charge in [-0.3, -0.25) is 0 Å². The lowest BCUT2D eigenvalue weighted by Crippen LogP contribution is -2.02. The second kappa shape index (κ2) is 6.93. The van der Waals surface area contributed by atoms with Crippen molar-refractivity contribution in [1.29, 1.82) is 0 Å². The van der Waals surface area contributed by atoms with E-state index in [4.69, 9.17) is 0 Å². The third-order valence-electron chi connectivity index (χ3n) is 5.32. The fraction of sp³-hybridized carbons (Fsp3) is 0.182. The van der Waals surface area contributed by atoms with Gasteiger partial charge in [-0.05, 0) is 42.7 Å². The molecule has 0 saturated heterocycles. The summed E-state index contributed by atoms with van der Waals surface area (Å²) in [7, 11) is 2.06. The number of aromatic nitrogens is 5. The molecule has 0 aliphatic rings. The maximum absolute atomic E-state index is 4.52. The van der Waals surface area contributed by atoms with Gasteiger partial charge in [0, 0.05) is 30.9 Å². The summed E-state index contributed by atoms with van der Waals surface area (Å²) < 4.78 is 3.14. The number of fused-ring (bicyclic) bond motifs is 3. The number of nitrogens with zero attached hydrogens (tertiary/aromatic N) is 5. The maximum atomic E-state index is 4.52. The van der Waals surface area contributed by atoms with Crippen LogP contribution >= 0.6 is 11.3 Å². The Morgan fingerprint density at radius 2 is 1.86 bits per heavy atom. The molecule has 4 heterocycles. The van der Waals surface area contributed by atoms with Crippen LogP contribution in [0, 0.1) is 13.8 Å². The molecule has 144 valence electrons. The number of hydrogen-bond acceptors (Lipinski definition) is 6. The van der Waals surface area contributed by atoms with Gasteiger partial charge in [-0.1, -0.05) is 24.3 Å². The average Bonchev–Trinajstić information content (AvgIpc) is 3.33. The second-order valence-corrected chi connectivity index (χ2v) is 8.15. The third-order valence-corrected chi connectivity index (χ3v) is 6.39. The van der Waals surface area contributed by atoms with Crippen molar-refractivity contribution in [3.05, 3.63) is 65.7 Å². The fourth-order valence-corrected chi connectivity index (χ4v) is 4.65. The van der Waals surface area contributed by atoms with Gasteiger partial charge in [0.05, 0.1) is 15.9 Å². The smallest absolute Gasteiger partial charge is 0.149 e. The molecule has 0 saturated carbocycles. The van der Waals surface area contributed by atoms with Crippen molar-refractivity contribution in [2.45, 2.75) is 20.4 Å². The van der Waals surface area contributed by atoms with Crippen molar-refractivity contribution in [3.63, 3.8) is 0 Å². The predicted octanol–water partition coefficient (Wildman–Crippen LogP) is 4.87. The van der Waals surface area contributed by atoms with Gasteiger partial charge in [0.15, 0.2) is 0 Å². The highest BCUT2D eigenvalue weighted by molar-refractivity contribution is 7.25. The summed E-state index contributed by atoms with van der Waals surface area (Å²) in [6.45, 7) is 4.74. The van der Waals surface area contributed by atoms with Crippen molar-refractivity contribution in [2.75, 3.05) is 5.32 Å². The summed E-state index contributed by atoms with van der Waals surface area (Å²) >= 11 is 1.58. The maximum Gasteiger partial charge on any atom is 0.149 e. The van der Waals surface area contributed by atoms with Crippen LogP contribution in [0.4, 0.5) is 5.82 Å². The Balaban J connectivity index is 1.44. The zero-order valence-corrected chi connectivity index (χ0v) is 17.3. The Morgan fingerprint density at radius 1 is 1.03 bits per heavy atom. The van der Waals surface area contributed by atoms with Crippen molar-refractivity contribution in [3.8, 4) is 11.3 Å². The highest BCUT2D eigenvalue weighted by Crippen LogP contribution is 2.36. The molecule has 1 N–H and O–H groups in total. The van der Waals surface area contributed by atoms with E-state index in [0.29, 0.717) is 6.54 Å². The van der Waals surface area contributed by atoms with Gasteiger partial charge in [-0.25, -0.2) is 9.97 Å². The zero-order valence-electron chi connectivity index (χ0n) is 16.5. The summed E-state index contributed by atoms with van der Waals surface area (Å²) in [6.07, 6.45) is 3.67. The minimum absolute atomic E-state index is 0.692. The Labute approximate surface area is 172 Å². The molecule has 4 aromatic heterocycles. The molecule has 0 atom stereocenters. The summed E-state index contributed by atoms with van der Waals surface area (Å²) in [5, 5.41) is 13.2. The largest absolute Gasteiger partial charge is 0.365 e. The molecule has 6 nitrogen and oxygen atoms in total. The average molecular weight is 401 g/mol. The number of benzene rings is 1. The Morgan fingerprint density at radius 3 is 2.62 bits per heavy atom. The highest BCUT2D eigenvalue weighted by Gasteiger charge is 2.15. The van der Waals surface area contributed by atoms with Crippen molar-refractivity contribution >= 4 is 37.6 Å². The standard InChI is InChI=1S/C22H20N6S/c1-13-14(2)26-27-22-18(13)19-20(29-22)21(25-12-24-19)23-11-15-6-8-16(9-7-15)17-5-4-10-28(17)3/h4-10,12H,11H2,1-3H3,(H,23,24,25). The Kier molecular flexibility index (Phi) is 4.24. The van der Waals surface area contributed by atoms with Crippen LogP contribution in [0.25, 0.3) is 31.7 Å². The number of anilines is 1. The van der Waals surface area contributed by atoms with Gasteiger partial charge < -0.3 is 9.88 Å². The quantitative estimate of drug-likeness (QED) is 0.466. The first-order chi connectivity index (χ1) is 14.1. The van der Waals surface area contributed by atoms with Gasteiger partial charge in [0.2, 0.25) is 0 Å². The number of hydrogen-bond donors (Lipinski definition) is 1. The molecule has 0 fully saturated rings. The van der Waals surface area contributed by atoms with Gasteiger partial charge in [-0.2, -0.15) is 5.10 Å². The van der Waals surface area contributed by atoms with Crippen molar-refractivity contribution in [1.82, 2.24) is 24.7 Å². The summed E-state index contributed by atoms with van der Waals surface area (Å²) in [4.78, 5) is 9.90. The van der Waals surface area contributed by atoms with Crippen LogP contribution in [0.2, 0.25) is 0 Å². The Bertz CT molecular complexity index is 1330. The van der Waals surface area contributed by atoms with E-state index < -0.39 is 0 Å². The number of nitrogens with one attached hydrogen (secondary N) is 1. The van der Waals surface area contributed by atoms with E-state index in [9.17, 15) is 0 Å². The van der Waals surface area contributed by atoms with Gasteiger partial charge in [-0.15, -0.1) is 16.4 Å². The summed E-state index contributed by atoms with van der Waals surface area (Å²) in [5.74, 6) is 0.835. The molecule has 0 unspecified atom stereocenters. The van der Waals surface area contributed by atoms with E-state index in [2.05, 4.69) is 86.6 Å². The topological polar surface area (TPSA) is 68.5 Å². The highest BCUT2D eigenvalue weighted by atomic mass is 32.1. The van der Waals surface area contributed by atoms with E-state index in [0.717, 1.165) is 37.5 Å². The van der Waals surface area contributed by atoms with E-state index in [1.807, 2.05) is 6.92 Å². The minimum Gasteiger partial charge on any atom is -0.365 e. The van der Waals surface area contributed by atoms with E-state index in [1.165, 1.54) is 16.8 Å². The minimum atomic E-state index is 0.692. The van der Waals surface area contributed by atoms with Gasteiger partial charge >= 0.3 is 0 Å². The molecule has 5 aromatic rings. The number of thiophene rings is 1. The van der Waals surface area contributed by atoms with Gasteiger partial charge in [0.1, 0.15) is 17.0 Å². The van der Waals surface area contributed by atoms with E-state index in [1.54, 1.807) is 17.7 Å². The SMILES string of the molecule is Cc1nnc2sc3c(NCc4ccc(-c5cccn5C)cc4)ncnc3c2c1C.